The number of halogens is 2. The first-order chi connectivity index (χ1) is 12.4. The maximum absolute atomic E-state index is 13.1. The van der Waals surface area contributed by atoms with E-state index in [2.05, 4.69) is 15.9 Å². The average molecular weight is 440 g/mol. The molecule has 7 heteroatoms. The van der Waals surface area contributed by atoms with Crippen molar-refractivity contribution in [1.29, 1.82) is 0 Å². The minimum absolute atomic E-state index is 0.0191. The lowest BCUT2D eigenvalue weighted by molar-refractivity contribution is -0.122. The van der Waals surface area contributed by atoms with Gasteiger partial charge in [-0.2, -0.15) is 4.31 Å². The number of sulfonamides is 1. The standard InChI is InChI=1S/C19H19BrFNO3S/c20-15-4-1-3-14(13-15)6-11-19(23)18-5-2-12-22(18)26(24,25)17-9-7-16(21)8-10-17/h1,3-4,7-10,13,18H,2,5-6,11-12H2/t18-/m0/s1. The highest BCUT2D eigenvalue weighted by molar-refractivity contribution is 9.10. The van der Waals surface area contributed by atoms with Crippen molar-refractivity contribution in [2.45, 2.75) is 36.6 Å². The Morgan fingerprint density at radius 1 is 1.19 bits per heavy atom. The second kappa shape index (κ2) is 7.98. The van der Waals surface area contributed by atoms with E-state index in [4.69, 9.17) is 0 Å². The van der Waals surface area contributed by atoms with Gasteiger partial charge < -0.3 is 0 Å². The van der Waals surface area contributed by atoms with Crippen LogP contribution >= 0.6 is 15.9 Å². The molecule has 1 heterocycles. The quantitative estimate of drug-likeness (QED) is 0.684. The number of Topliss-reactive ketones (excluding diaryl/α,β-unsaturated/α-hetero) is 1. The number of carbonyl (C=O) groups is 1. The summed E-state index contributed by atoms with van der Waals surface area (Å²) in [4.78, 5) is 12.7. The van der Waals surface area contributed by atoms with Gasteiger partial charge in [-0.1, -0.05) is 28.1 Å². The second-order valence-corrected chi connectivity index (χ2v) is 9.13. The predicted molar refractivity (Wildman–Crippen MR) is 101 cm³/mol. The van der Waals surface area contributed by atoms with Gasteiger partial charge in [-0.25, -0.2) is 12.8 Å². The summed E-state index contributed by atoms with van der Waals surface area (Å²) in [5.41, 5.74) is 1.03. The van der Waals surface area contributed by atoms with Crippen molar-refractivity contribution in [1.82, 2.24) is 4.31 Å². The van der Waals surface area contributed by atoms with Crippen molar-refractivity contribution in [2.75, 3.05) is 6.54 Å². The van der Waals surface area contributed by atoms with Gasteiger partial charge in [0, 0.05) is 17.4 Å². The molecule has 1 fully saturated rings. The number of aryl methyl sites for hydroxylation is 1. The summed E-state index contributed by atoms with van der Waals surface area (Å²) in [6.45, 7) is 0.313. The lowest BCUT2D eigenvalue weighted by Crippen LogP contribution is -2.40. The molecular weight excluding hydrogens is 421 g/mol. The van der Waals surface area contributed by atoms with E-state index in [0.29, 0.717) is 25.8 Å². The highest BCUT2D eigenvalue weighted by atomic mass is 79.9. The van der Waals surface area contributed by atoms with E-state index in [9.17, 15) is 17.6 Å². The summed E-state index contributed by atoms with van der Waals surface area (Å²) in [5, 5.41) is 0. The van der Waals surface area contributed by atoms with E-state index in [1.165, 1.54) is 16.4 Å². The van der Waals surface area contributed by atoms with Gasteiger partial charge in [0.15, 0.2) is 5.78 Å². The lowest BCUT2D eigenvalue weighted by Gasteiger charge is -2.23. The van der Waals surface area contributed by atoms with E-state index in [-0.39, 0.29) is 17.1 Å². The van der Waals surface area contributed by atoms with Gasteiger partial charge >= 0.3 is 0 Å². The SMILES string of the molecule is O=C(CCc1cccc(Br)c1)[C@@H]1CCCN1S(=O)(=O)c1ccc(F)cc1. The van der Waals surface area contributed by atoms with Crippen LogP contribution in [0.4, 0.5) is 4.39 Å². The Morgan fingerprint density at radius 2 is 1.92 bits per heavy atom. The molecule has 1 saturated heterocycles. The fourth-order valence-corrected chi connectivity index (χ4v) is 5.34. The molecule has 0 aromatic heterocycles. The monoisotopic (exact) mass is 439 g/mol. The minimum atomic E-state index is -3.80. The highest BCUT2D eigenvalue weighted by Crippen LogP contribution is 2.28. The summed E-state index contributed by atoms with van der Waals surface area (Å²) < 4.78 is 40.9. The first kappa shape index (κ1) is 19.2. The molecule has 26 heavy (non-hydrogen) atoms. The van der Waals surface area contributed by atoms with Gasteiger partial charge in [-0.05, 0) is 61.2 Å². The van der Waals surface area contributed by atoms with Crippen molar-refractivity contribution in [3.63, 3.8) is 0 Å². The van der Waals surface area contributed by atoms with Crippen LogP contribution in [0.5, 0.6) is 0 Å². The molecule has 1 aliphatic rings. The van der Waals surface area contributed by atoms with E-state index >= 15 is 0 Å². The van der Waals surface area contributed by atoms with Crippen LogP contribution in [0, 0.1) is 5.82 Å². The third-order valence-corrected chi connectivity index (χ3v) is 6.96. The van der Waals surface area contributed by atoms with Crippen LogP contribution in [0.3, 0.4) is 0 Å². The molecule has 0 aliphatic carbocycles. The van der Waals surface area contributed by atoms with Crippen LogP contribution in [0.2, 0.25) is 0 Å². The van der Waals surface area contributed by atoms with E-state index in [1.807, 2.05) is 24.3 Å². The zero-order valence-electron chi connectivity index (χ0n) is 14.1. The predicted octanol–water partition coefficient (Wildman–Crippen LogP) is 3.94. The van der Waals surface area contributed by atoms with Gasteiger partial charge in [0.2, 0.25) is 10.0 Å². The Labute approximate surface area is 161 Å². The van der Waals surface area contributed by atoms with E-state index < -0.39 is 21.9 Å². The topological polar surface area (TPSA) is 54.5 Å². The molecule has 0 saturated carbocycles. The van der Waals surface area contributed by atoms with Crippen LogP contribution in [-0.4, -0.2) is 31.1 Å². The fraction of sp³-hybridized carbons (Fsp3) is 0.316. The van der Waals surface area contributed by atoms with E-state index in [1.54, 1.807) is 0 Å². The number of benzene rings is 2. The molecule has 0 N–H and O–H groups in total. The molecule has 0 unspecified atom stereocenters. The third-order valence-electron chi connectivity index (χ3n) is 4.54. The van der Waals surface area contributed by atoms with Gasteiger partial charge in [0.1, 0.15) is 5.82 Å². The number of hydrogen-bond acceptors (Lipinski definition) is 3. The zero-order chi connectivity index (χ0) is 18.7. The lowest BCUT2D eigenvalue weighted by atomic mass is 10.0. The number of hydrogen-bond donors (Lipinski definition) is 0. The maximum atomic E-state index is 13.1. The van der Waals surface area contributed by atoms with Crippen molar-refractivity contribution < 1.29 is 17.6 Å². The van der Waals surface area contributed by atoms with Gasteiger partial charge in [0.05, 0.1) is 10.9 Å². The molecule has 2 aromatic rings. The molecule has 4 nitrogen and oxygen atoms in total. The smallest absolute Gasteiger partial charge is 0.243 e. The maximum Gasteiger partial charge on any atom is 0.243 e. The minimum Gasteiger partial charge on any atom is -0.298 e. The molecule has 3 rings (SSSR count). The van der Waals surface area contributed by atoms with Gasteiger partial charge in [-0.3, -0.25) is 4.79 Å². The Kier molecular flexibility index (Phi) is 5.89. The normalized spacial score (nSPS) is 18.2. The number of rotatable bonds is 6. The van der Waals surface area contributed by atoms with Gasteiger partial charge in [-0.15, -0.1) is 0 Å². The zero-order valence-corrected chi connectivity index (χ0v) is 16.5. The summed E-state index contributed by atoms with van der Waals surface area (Å²) in [5.74, 6) is -0.569. The molecule has 0 radical (unpaired) electrons. The van der Waals surface area contributed by atoms with Crippen molar-refractivity contribution in [3.05, 3.63) is 64.4 Å². The Bertz CT molecular complexity index is 899. The summed E-state index contributed by atoms with van der Waals surface area (Å²) in [6, 6.07) is 11.8. The fourth-order valence-electron chi connectivity index (χ4n) is 3.22. The van der Waals surface area contributed by atoms with Crippen LogP contribution in [0.1, 0.15) is 24.8 Å². The summed E-state index contributed by atoms with van der Waals surface area (Å²) >= 11 is 3.40. The molecule has 0 bridgehead atoms. The van der Waals surface area contributed by atoms with Crippen LogP contribution in [-0.2, 0) is 21.2 Å². The van der Waals surface area contributed by atoms with Crippen LogP contribution < -0.4 is 0 Å². The molecule has 0 amide bonds. The Morgan fingerprint density at radius 3 is 2.62 bits per heavy atom. The van der Waals surface area contributed by atoms with Gasteiger partial charge in [0.25, 0.3) is 0 Å². The van der Waals surface area contributed by atoms with Crippen molar-refractivity contribution >= 4 is 31.7 Å². The highest BCUT2D eigenvalue weighted by Gasteiger charge is 2.38. The molecular formula is C19H19BrFNO3S. The summed E-state index contributed by atoms with van der Waals surface area (Å²) in [6.07, 6.45) is 2.03. The molecule has 0 spiro atoms. The van der Waals surface area contributed by atoms with E-state index in [0.717, 1.165) is 22.2 Å². The molecule has 138 valence electrons. The van der Waals surface area contributed by atoms with Crippen LogP contribution in [0.25, 0.3) is 0 Å². The third kappa shape index (κ3) is 4.22. The first-order valence-electron chi connectivity index (χ1n) is 8.42. The first-order valence-corrected chi connectivity index (χ1v) is 10.7. The number of carbonyl (C=O) groups excluding carboxylic acids is 1. The van der Waals surface area contributed by atoms with Crippen LogP contribution in [0.15, 0.2) is 57.9 Å². The van der Waals surface area contributed by atoms with Crippen molar-refractivity contribution in [2.24, 2.45) is 0 Å². The Balaban J connectivity index is 1.72. The number of nitrogens with zero attached hydrogens (tertiary/aromatic N) is 1. The largest absolute Gasteiger partial charge is 0.298 e. The Hall–Kier alpha value is -1.57. The number of ketones is 1. The average Bonchev–Trinajstić information content (AvgIpc) is 3.11. The van der Waals surface area contributed by atoms with Crippen molar-refractivity contribution in [3.8, 4) is 0 Å². The molecule has 2 aromatic carbocycles. The molecule has 1 atom stereocenters. The summed E-state index contributed by atoms with van der Waals surface area (Å²) in [7, 11) is -3.80. The second-order valence-electron chi connectivity index (χ2n) is 6.32. The molecule has 1 aliphatic heterocycles.